The minimum Gasteiger partial charge on any atom is -0.480 e. The third kappa shape index (κ3) is 31.1. The molecule has 0 spiro atoms. The number of aliphatic hydroxyl groups is 2. The van der Waals surface area contributed by atoms with Gasteiger partial charge in [-0.3, -0.25) is 67.5 Å². The van der Waals surface area contributed by atoms with E-state index in [0.29, 0.717) is 16.6 Å². The molecule has 0 unspecified atom stereocenters. The molecule has 0 aliphatic carbocycles. The fraction of sp³-hybridized carbons (Fsp3) is 0.547. The topological polar surface area (TPSA) is 640 Å². The number of aliphatic carboxylic acids is 1. The molecule has 27 N–H and O–H groups in total. The van der Waals surface area contributed by atoms with Crippen LogP contribution in [-0.4, -0.2) is 231 Å². The molecule has 1 saturated heterocycles. The second kappa shape index (κ2) is 44.5. The lowest BCUT2D eigenvalue weighted by atomic mass is 9.97. The molecule has 3 aromatic rings. The van der Waals surface area contributed by atoms with E-state index < -0.39 is 162 Å². The summed E-state index contributed by atoms with van der Waals surface area (Å²) in [5.41, 5.74) is 28.4. The summed E-state index contributed by atoms with van der Waals surface area (Å²) in [6, 6.07) is -5.67. The molecule has 2 heterocycles. The van der Waals surface area contributed by atoms with Gasteiger partial charge in [-0.05, 0) is 94.4 Å². The van der Waals surface area contributed by atoms with Gasteiger partial charge in [-0.25, -0.2) is 14.6 Å². The number of H-pyrrole nitrogens is 1. The molecule has 1 aliphatic heterocycles. The van der Waals surface area contributed by atoms with Crippen LogP contribution in [0.15, 0.2) is 65.0 Å². The summed E-state index contributed by atoms with van der Waals surface area (Å²) >= 11 is 0.913. The number of aliphatic hydroxyl groups excluding tert-OH is 2. The maximum absolute atomic E-state index is 15.2. The smallest absolute Gasteiger partial charge is 0.326 e. The number of nitrogens with zero attached hydrogens (tertiary/aromatic N) is 3. The zero-order valence-corrected chi connectivity index (χ0v) is 59.1. The SMILES string of the molecule is CC(=O)NCSC[C@@H]1NC(=O)[C@H]([C@@H](C)O)NC(=O)[C@@H](NC(C)=O)CC(=O)NCCCC[C@@H](C(=O)N[C@@H](Cc2cnc[nH]2)C(=O)O)NC(=O)[C@H](CCCCN=C(N)N)NC(=O)[C@H](Cc2cccc3ccccc23)NC(=O)[C@H]([C@@H](C)O)NC(=O)[C@H](CCCNC(N)=O)NC(=O)[C@H](CCCN=C(N)N)NC1=O. The Labute approximate surface area is 603 Å². The molecule has 40 heteroatoms. The Hall–Kier alpha value is -10.9. The Morgan fingerprint density at radius 3 is 1.76 bits per heavy atom. The second-order valence-corrected chi connectivity index (χ2v) is 25.6. The highest BCUT2D eigenvalue weighted by Crippen LogP contribution is 2.21. The number of aliphatic imine (C=N–C) groups is 2. The van der Waals surface area contributed by atoms with Gasteiger partial charge in [0.25, 0.3) is 0 Å². The molecule has 1 aromatic heterocycles. The van der Waals surface area contributed by atoms with Gasteiger partial charge >= 0.3 is 12.0 Å². The Balaban J connectivity index is 1.93. The highest BCUT2D eigenvalue weighted by Gasteiger charge is 2.38. The zero-order valence-electron chi connectivity index (χ0n) is 58.3. The van der Waals surface area contributed by atoms with Crippen molar-refractivity contribution in [1.29, 1.82) is 0 Å². The van der Waals surface area contributed by atoms with Crippen LogP contribution < -0.4 is 97.8 Å². The molecule has 572 valence electrons. The predicted octanol–water partition coefficient (Wildman–Crippen LogP) is -6.47. The number of aromatic nitrogens is 2. The number of carboxylic acids is 1. The molecule has 0 radical (unpaired) electrons. The molecule has 12 atom stereocenters. The van der Waals surface area contributed by atoms with E-state index in [4.69, 9.17) is 28.7 Å². The van der Waals surface area contributed by atoms with Crippen LogP contribution >= 0.6 is 11.8 Å². The Bertz CT molecular complexity index is 3490. The van der Waals surface area contributed by atoms with Crippen LogP contribution in [-0.2, 0) is 75.2 Å². The van der Waals surface area contributed by atoms with Crippen molar-refractivity contribution < 1.29 is 82.4 Å². The van der Waals surface area contributed by atoms with E-state index in [1.165, 1.54) is 19.4 Å². The van der Waals surface area contributed by atoms with Gasteiger partial charge in [0.15, 0.2) is 11.9 Å². The fourth-order valence-corrected chi connectivity index (χ4v) is 11.5. The summed E-state index contributed by atoms with van der Waals surface area (Å²) in [5, 5.41) is 66.5. The number of nitrogens with one attached hydrogen (secondary N) is 14. The third-order valence-electron chi connectivity index (χ3n) is 16.0. The normalized spacial score (nSPS) is 22.1. The number of urea groups is 1. The number of carbonyl (C=O) groups is 14. The first-order valence-electron chi connectivity index (χ1n) is 33.6. The molecule has 0 saturated carbocycles. The minimum atomic E-state index is -1.95. The number of primary amides is 1. The van der Waals surface area contributed by atoms with Crippen LogP contribution in [0.25, 0.3) is 10.8 Å². The fourth-order valence-electron chi connectivity index (χ4n) is 10.6. The standard InChI is InChI=1S/C64H98N22O17S/c1-33(87)50-59(99)82-45(26-38-16-11-15-37-14-5-6-17-40(37)38)56(96)80-41(19-8-10-23-72-62(65)66)52(92)78-42(54(94)83-47(61(101)102)27-39-29-70-31-75-39)18-7-9-22-71-49(91)28-46(77-36(4)90)57(97)86-51(34(2)88)60(100)84-48(30-104-32-76-35(3)89)58(98)81-43(20-12-24-73-63(67)68)53(93)79-44(55(95)85-50)21-13-25-74-64(69)103/h5-6,11,14-17,29,31,33-34,41-48,50-51,87-88H,7-10,12-13,18-28,30,32H2,1-4H3,(H,70,75)(H,71,91)(H,76,89)(H,77,90)(H,78,92)(H,79,93)(H,80,96)(H,81,98)(H,82,99)(H,83,94)(H,84,100)(H,85,95)(H,86,97)(H,101,102)(H4,65,66,72)(H4,67,68,73)(H3,69,74,103)/t33-,34-,41+,42+,43+,44+,45+,46+,47+,48+,50+,51+/m1/s1. The summed E-state index contributed by atoms with van der Waals surface area (Å²) in [5.74, 6) is -14.4. The number of guanidine groups is 2. The molecule has 2 aromatic carbocycles. The van der Waals surface area contributed by atoms with E-state index in [-0.39, 0.29) is 127 Å². The molecule has 14 amide bonds. The lowest BCUT2D eigenvalue weighted by Gasteiger charge is -2.29. The summed E-state index contributed by atoms with van der Waals surface area (Å²) in [6.07, 6.45) is -2.98. The summed E-state index contributed by atoms with van der Waals surface area (Å²) < 4.78 is 0. The first-order chi connectivity index (χ1) is 49.3. The van der Waals surface area contributed by atoms with Crippen LogP contribution in [0.3, 0.4) is 0 Å². The van der Waals surface area contributed by atoms with E-state index >= 15 is 4.79 Å². The van der Waals surface area contributed by atoms with Gasteiger partial charge in [0.05, 0.1) is 30.8 Å². The summed E-state index contributed by atoms with van der Waals surface area (Å²) in [4.78, 5) is 209. The van der Waals surface area contributed by atoms with Crippen molar-refractivity contribution in [2.75, 3.05) is 37.8 Å². The number of amides is 14. The predicted molar refractivity (Wildman–Crippen MR) is 380 cm³/mol. The van der Waals surface area contributed by atoms with Crippen LogP contribution in [0.4, 0.5) is 4.79 Å². The van der Waals surface area contributed by atoms with Gasteiger partial charge in [0.2, 0.25) is 70.9 Å². The zero-order chi connectivity index (χ0) is 77.0. The number of unbranched alkanes of at least 4 members (excludes halogenated alkanes) is 1. The number of hydrogen-bond acceptors (Lipinski definition) is 20. The summed E-state index contributed by atoms with van der Waals surface area (Å²) in [7, 11) is 0. The molecule has 1 fully saturated rings. The van der Waals surface area contributed by atoms with Crippen LogP contribution in [0.1, 0.15) is 110 Å². The molecule has 0 bridgehead atoms. The number of benzene rings is 2. The number of aromatic amines is 1. The first-order valence-corrected chi connectivity index (χ1v) is 34.8. The largest absolute Gasteiger partial charge is 0.480 e. The van der Waals surface area contributed by atoms with E-state index in [0.717, 1.165) is 37.9 Å². The van der Waals surface area contributed by atoms with Gasteiger partial charge in [0, 0.05) is 70.5 Å². The Kier molecular flexibility index (Phi) is 36.6. The number of imidazole rings is 1. The Morgan fingerprint density at radius 1 is 0.625 bits per heavy atom. The molecule has 1 aliphatic rings. The molecule has 4 rings (SSSR count). The highest BCUT2D eigenvalue weighted by molar-refractivity contribution is 7.99. The van der Waals surface area contributed by atoms with Gasteiger partial charge in [-0.1, -0.05) is 42.5 Å². The molecule has 39 nitrogen and oxygen atoms in total. The van der Waals surface area contributed by atoms with Crippen molar-refractivity contribution in [3.05, 3.63) is 66.2 Å². The van der Waals surface area contributed by atoms with Crippen LogP contribution in [0.5, 0.6) is 0 Å². The van der Waals surface area contributed by atoms with Gasteiger partial charge in [-0.2, -0.15) is 0 Å². The van der Waals surface area contributed by atoms with Gasteiger partial charge < -0.3 is 118 Å². The van der Waals surface area contributed by atoms with E-state index in [9.17, 15) is 77.6 Å². The van der Waals surface area contributed by atoms with Crippen molar-refractivity contribution in [3.63, 3.8) is 0 Å². The third-order valence-corrected chi connectivity index (χ3v) is 16.9. The number of hydrogen-bond donors (Lipinski definition) is 22. The monoisotopic (exact) mass is 1480 g/mol. The lowest BCUT2D eigenvalue weighted by molar-refractivity contribution is -0.142. The number of carbonyl (C=O) groups excluding carboxylic acids is 13. The number of rotatable bonds is 27. The maximum atomic E-state index is 15.2. The van der Waals surface area contributed by atoms with Gasteiger partial charge in [0.1, 0.15) is 60.4 Å². The molecular formula is C64H98N22O17S. The minimum absolute atomic E-state index is 0.0118. The first kappa shape index (κ1) is 85.5. The maximum Gasteiger partial charge on any atom is 0.326 e. The van der Waals surface area contributed by atoms with Crippen molar-refractivity contribution in [2.24, 2.45) is 38.7 Å². The van der Waals surface area contributed by atoms with Crippen molar-refractivity contribution in [3.8, 4) is 0 Å². The molecular weight excluding hydrogens is 1380 g/mol. The van der Waals surface area contributed by atoms with E-state index in [1.54, 1.807) is 42.5 Å². The Morgan fingerprint density at radius 2 is 1.17 bits per heavy atom. The summed E-state index contributed by atoms with van der Waals surface area (Å²) in [6.45, 7) is 4.12. The lowest BCUT2D eigenvalue weighted by Crippen LogP contribution is -2.62. The van der Waals surface area contributed by atoms with E-state index in [1.807, 2.05) is 0 Å². The van der Waals surface area contributed by atoms with Crippen molar-refractivity contribution in [1.82, 2.24) is 79.1 Å². The van der Waals surface area contributed by atoms with Crippen molar-refractivity contribution in [2.45, 2.75) is 184 Å². The quantitative estimate of drug-likeness (QED) is 0.0146. The van der Waals surface area contributed by atoms with Gasteiger partial charge in [-0.15, -0.1) is 11.8 Å². The molecule has 104 heavy (non-hydrogen) atoms. The number of carboxylic acid groups (broad SMARTS) is 1. The number of nitrogens with two attached hydrogens (primary N) is 5. The highest BCUT2D eigenvalue weighted by atomic mass is 32.2. The number of fused-ring (bicyclic) bond motifs is 1. The van der Waals surface area contributed by atoms with E-state index in [2.05, 4.69) is 89.1 Å². The van der Waals surface area contributed by atoms with Crippen LogP contribution in [0, 0.1) is 0 Å². The second-order valence-electron chi connectivity index (χ2n) is 24.6. The average Bonchev–Trinajstić information content (AvgIpc) is 0.871. The van der Waals surface area contributed by atoms with Crippen LogP contribution in [0.2, 0.25) is 0 Å². The number of thioether (sulfide) groups is 1. The van der Waals surface area contributed by atoms with Crippen molar-refractivity contribution >= 4 is 117 Å². The average molecular weight is 1480 g/mol.